The van der Waals surface area contributed by atoms with E-state index in [-0.39, 0.29) is 18.1 Å². The van der Waals surface area contributed by atoms with Gasteiger partial charge in [-0.15, -0.1) is 0 Å². The van der Waals surface area contributed by atoms with Gasteiger partial charge < -0.3 is 15.5 Å². The van der Waals surface area contributed by atoms with Gasteiger partial charge in [0.05, 0.1) is 29.0 Å². The van der Waals surface area contributed by atoms with Crippen LogP contribution in [0.25, 0.3) is 0 Å². The summed E-state index contributed by atoms with van der Waals surface area (Å²) >= 11 is 0. The van der Waals surface area contributed by atoms with Crippen molar-refractivity contribution in [1.29, 1.82) is 0 Å². The van der Waals surface area contributed by atoms with E-state index in [4.69, 9.17) is 0 Å². The number of nitrogens with zero attached hydrogens (tertiary/aromatic N) is 2. The number of alkyl halides is 3. The molecule has 0 atom stereocenters. The summed E-state index contributed by atoms with van der Waals surface area (Å²) in [6.45, 7) is 1.64. The number of rotatable bonds is 6. The third-order valence-corrected chi connectivity index (χ3v) is 5.74. The van der Waals surface area contributed by atoms with Crippen LogP contribution in [-0.4, -0.2) is 54.3 Å². The summed E-state index contributed by atoms with van der Waals surface area (Å²) in [4.78, 5) is 29.1. The van der Waals surface area contributed by atoms with Crippen molar-refractivity contribution in [2.45, 2.75) is 6.18 Å². The van der Waals surface area contributed by atoms with Crippen LogP contribution in [0.1, 0.15) is 15.9 Å². The van der Waals surface area contributed by atoms with E-state index in [1.165, 1.54) is 18.2 Å². The SMILES string of the molecule is O=C(CN1CCN(C(=O)c2ccccc2Nc2ccccc2)CC1)Nc1ccccc1C(F)(F)F. The molecule has 1 aliphatic heterocycles. The number of halogens is 3. The normalized spacial score (nSPS) is 14.4. The first kappa shape index (κ1) is 24.3. The van der Waals surface area contributed by atoms with E-state index in [0.717, 1.165) is 11.8 Å². The Hall–Kier alpha value is -3.85. The molecule has 0 spiro atoms. The molecule has 2 amide bonds. The zero-order chi connectivity index (χ0) is 24.8. The van der Waals surface area contributed by atoms with E-state index >= 15 is 0 Å². The second-order valence-corrected chi connectivity index (χ2v) is 8.20. The Morgan fingerprint density at radius 3 is 2.06 bits per heavy atom. The number of hydrogen-bond donors (Lipinski definition) is 2. The smallest absolute Gasteiger partial charge is 0.355 e. The van der Waals surface area contributed by atoms with Gasteiger partial charge in [0.2, 0.25) is 5.91 Å². The average Bonchev–Trinajstić information content (AvgIpc) is 2.85. The number of anilines is 3. The lowest BCUT2D eigenvalue weighted by atomic mass is 10.1. The first-order valence-corrected chi connectivity index (χ1v) is 11.2. The molecule has 0 saturated carbocycles. The highest BCUT2D eigenvalue weighted by Crippen LogP contribution is 2.34. The highest BCUT2D eigenvalue weighted by Gasteiger charge is 2.33. The number of nitrogens with one attached hydrogen (secondary N) is 2. The van der Waals surface area contributed by atoms with Crippen molar-refractivity contribution in [1.82, 2.24) is 9.80 Å². The average molecular weight is 483 g/mol. The fourth-order valence-electron chi connectivity index (χ4n) is 3.97. The maximum Gasteiger partial charge on any atom is 0.418 e. The summed E-state index contributed by atoms with van der Waals surface area (Å²) in [5.41, 5.74) is 0.976. The molecule has 1 heterocycles. The van der Waals surface area contributed by atoms with Crippen LogP contribution in [0.4, 0.5) is 30.2 Å². The number of carbonyl (C=O) groups is 2. The molecule has 35 heavy (non-hydrogen) atoms. The molecule has 0 aliphatic carbocycles. The minimum absolute atomic E-state index is 0.0552. The predicted octanol–water partition coefficient (Wildman–Crippen LogP) is 4.85. The summed E-state index contributed by atoms with van der Waals surface area (Å²) in [5, 5.41) is 5.64. The van der Waals surface area contributed by atoms with Crippen molar-refractivity contribution in [2.75, 3.05) is 43.4 Å². The zero-order valence-electron chi connectivity index (χ0n) is 18.9. The number of hydrogen-bond acceptors (Lipinski definition) is 4. The molecule has 2 N–H and O–H groups in total. The van der Waals surface area contributed by atoms with Gasteiger partial charge in [-0.3, -0.25) is 14.5 Å². The number of piperazine rings is 1. The standard InChI is InChI=1S/C26H25F3N4O2/c27-26(28,29)21-11-5-7-13-23(21)31-24(34)18-32-14-16-33(17-15-32)25(35)20-10-4-6-12-22(20)30-19-8-2-1-3-9-19/h1-13,30H,14-18H2,(H,31,34). The van der Waals surface area contributed by atoms with Gasteiger partial charge in [-0.25, -0.2) is 0 Å². The van der Waals surface area contributed by atoms with E-state index in [2.05, 4.69) is 10.6 Å². The summed E-state index contributed by atoms with van der Waals surface area (Å²) in [6.07, 6.45) is -4.55. The summed E-state index contributed by atoms with van der Waals surface area (Å²) in [7, 11) is 0. The van der Waals surface area contributed by atoms with Gasteiger partial charge >= 0.3 is 6.18 Å². The lowest BCUT2D eigenvalue weighted by Crippen LogP contribution is -2.50. The summed E-state index contributed by atoms with van der Waals surface area (Å²) < 4.78 is 39.5. The quantitative estimate of drug-likeness (QED) is 0.528. The summed E-state index contributed by atoms with van der Waals surface area (Å²) in [5.74, 6) is -0.647. The Labute approximate surface area is 201 Å². The molecule has 0 aromatic heterocycles. The molecular formula is C26H25F3N4O2. The van der Waals surface area contributed by atoms with Gasteiger partial charge in [-0.05, 0) is 36.4 Å². The number of amides is 2. The number of carbonyl (C=O) groups excluding carboxylic acids is 2. The highest BCUT2D eigenvalue weighted by atomic mass is 19.4. The second kappa shape index (κ2) is 10.6. The molecule has 3 aromatic rings. The maximum atomic E-state index is 13.2. The lowest BCUT2D eigenvalue weighted by Gasteiger charge is -2.34. The Kier molecular flexibility index (Phi) is 7.36. The van der Waals surface area contributed by atoms with Gasteiger partial charge in [-0.2, -0.15) is 13.2 Å². The number of para-hydroxylation sites is 3. The van der Waals surface area contributed by atoms with Crippen LogP contribution in [0.5, 0.6) is 0 Å². The molecule has 4 rings (SSSR count). The van der Waals surface area contributed by atoms with Crippen LogP contribution in [0, 0.1) is 0 Å². The van der Waals surface area contributed by atoms with Crippen LogP contribution in [-0.2, 0) is 11.0 Å². The van der Waals surface area contributed by atoms with Crippen molar-refractivity contribution in [2.24, 2.45) is 0 Å². The molecule has 0 bridgehead atoms. The van der Waals surface area contributed by atoms with Crippen molar-refractivity contribution >= 4 is 28.9 Å². The molecule has 1 fully saturated rings. The first-order chi connectivity index (χ1) is 16.8. The number of benzene rings is 3. The van der Waals surface area contributed by atoms with Gasteiger partial charge in [0.1, 0.15) is 0 Å². The molecule has 1 saturated heterocycles. The second-order valence-electron chi connectivity index (χ2n) is 8.20. The minimum Gasteiger partial charge on any atom is -0.355 e. The highest BCUT2D eigenvalue weighted by molar-refractivity contribution is 6.00. The third kappa shape index (κ3) is 6.19. The fourth-order valence-corrected chi connectivity index (χ4v) is 3.97. The van der Waals surface area contributed by atoms with Crippen LogP contribution < -0.4 is 10.6 Å². The van der Waals surface area contributed by atoms with Crippen molar-refractivity contribution in [3.05, 3.63) is 90.0 Å². The minimum atomic E-state index is -4.55. The maximum absolute atomic E-state index is 13.2. The molecule has 6 nitrogen and oxygen atoms in total. The Morgan fingerprint density at radius 1 is 0.771 bits per heavy atom. The molecule has 0 unspecified atom stereocenters. The fraction of sp³-hybridized carbons (Fsp3) is 0.231. The van der Waals surface area contributed by atoms with Gasteiger partial charge in [0, 0.05) is 31.9 Å². The van der Waals surface area contributed by atoms with E-state index in [0.29, 0.717) is 37.4 Å². The molecule has 9 heteroatoms. The predicted molar refractivity (Wildman–Crippen MR) is 129 cm³/mol. The van der Waals surface area contributed by atoms with Crippen LogP contribution in [0.3, 0.4) is 0 Å². The summed E-state index contributed by atoms with van der Waals surface area (Å²) in [6, 6.07) is 21.7. The van der Waals surface area contributed by atoms with E-state index in [9.17, 15) is 22.8 Å². The first-order valence-electron chi connectivity index (χ1n) is 11.2. The van der Waals surface area contributed by atoms with Crippen LogP contribution in [0.2, 0.25) is 0 Å². The van der Waals surface area contributed by atoms with Crippen molar-refractivity contribution in [3.8, 4) is 0 Å². The molecule has 3 aromatic carbocycles. The largest absolute Gasteiger partial charge is 0.418 e. The Morgan fingerprint density at radius 2 is 1.37 bits per heavy atom. The molecule has 182 valence electrons. The van der Waals surface area contributed by atoms with Gasteiger partial charge in [-0.1, -0.05) is 42.5 Å². The van der Waals surface area contributed by atoms with E-state index < -0.39 is 17.6 Å². The monoisotopic (exact) mass is 482 g/mol. The zero-order valence-corrected chi connectivity index (χ0v) is 18.9. The Bertz CT molecular complexity index is 1180. The van der Waals surface area contributed by atoms with E-state index in [1.54, 1.807) is 11.0 Å². The molecule has 0 radical (unpaired) electrons. The van der Waals surface area contributed by atoms with Crippen LogP contribution in [0.15, 0.2) is 78.9 Å². The Balaban J connectivity index is 1.34. The topological polar surface area (TPSA) is 64.7 Å². The van der Waals surface area contributed by atoms with Crippen molar-refractivity contribution in [3.63, 3.8) is 0 Å². The van der Waals surface area contributed by atoms with Gasteiger partial charge in [0.15, 0.2) is 0 Å². The molecular weight excluding hydrogens is 457 g/mol. The van der Waals surface area contributed by atoms with Crippen molar-refractivity contribution < 1.29 is 22.8 Å². The van der Waals surface area contributed by atoms with Gasteiger partial charge in [0.25, 0.3) is 5.91 Å². The van der Waals surface area contributed by atoms with E-state index in [1.807, 2.05) is 53.4 Å². The lowest BCUT2D eigenvalue weighted by molar-refractivity contribution is -0.137. The third-order valence-electron chi connectivity index (χ3n) is 5.74. The van der Waals surface area contributed by atoms with Crippen LogP contribution >= 0.6 is 0 Å². The molecule has 1 aliphatic rings.